The molecule has 0 radical (unpaired) electrons. The standard InChI is InChI=1S/C12H19N/c1-4-5-8-12(2,3)11-6-9-13-10-7-11/h6-7,9-10H,4-5,8H2,1-3H3. The van der Waals surface area contributed by atoms with E-state index in [9.17, 15) is 0 Å². The number of nitrogens with zero attached hydrogens (tertiary/aromatic N) is 1. The number of unbranched alkanes of at least 4 members (excludes halogenated alkanes) is 1. The van der Waals surface area contributed by atoms with Gasteiger partial charge in [-0.05, 0) is 29.5 Å². The highest BCUT2D eigenvalue weighted by molar-refractivity contribution is 5.20. The summed E-state index contributed by atoms with van der Waals surface area (Å²) in [5.41, 5.74) is 1.70. The first kappa shape index (κ1) is 10.2. The second kappa shape index (κ2) is 4.40. The lowest BCUT2D eigenvalue weighted by Crippen LogP contribution is -2.16. The maximum atomic E-state index is 4.04. The zero-order valence-corrected chi connectivity index (χ0v) is 8.88. The van der Waals surface area contributed by atoms with E-state index in [-0.39, 0.29) is 0 Å². The lowest BCUT2D eigenvalue weighted by molar-refractivity contribution is 0.457. The van der Waals surface area contributed by atoms with Crippen molar-refractivity contribution in [3.8, 4) is 0 Å². The zero-order chi connectivity index (χ0) is 9.73. The summed E-state index contributed by atoms with van der Waals surface area (Å²) >= 11 is 0. The lowest BCUT2D eigenvalue weighted by atomic mass is 9.81. The van der Waals surface area contributed by atoms with Crippen molar-refractivity contribution in [1.82, 2.24) is 4.98 Å². The fourth-order valence-corrected chi connectivity index (χ4v) is 1.57. The van der Waals surface area contributed by atoms with Crippen LogP contribution in [0.5, 0.6) is 0 Å². The summed E-state index contributed by atoms with van der Waals surface area (Å²) in [4.78, 5) is 4.04. The molecule has 0 saturated heterocycles. The molecular formula is C12H19N. The Bertz CT molecular complexity index is 239. The summed E-state index contributed by atoms with van der Waals surface area (Å²) in [6, 6.07) is 4.24. The van der Waals surface area contributed by atoms with Gasteiger partial charge in [0.15, 0.2) is 0 Å². The van der Waals surface area contributed by atoms with E-state index in [2.05, 4.69) is 37.9 Å². The first-order valence-electron chi connectivity index (χ1n) is 5.07. The van der Waals surface area contributed by atoms with Crippen LogP contribution in [0.2, 0.25) is 0 Å². The Morgan fingerprint density at radius 2 is 1.85 bits per heavy atom. The number of rotatable bonds is 4. The third kappa shape index (κ3) is 2.83. The molecule has 0 aliphatic carbocycles. The Labute approximate surface area is 81.2 Å². The van der Waals surface area contributed by atoms with Crippen LogP contribution in [0.15, 0.2) is 24.5 Å². The van der Waals surface area contributed by atoms with Crippen molar-refractivity contribution in [2.45, 2.75) is 45.4 Å². The minimum Gasteiger partial charge on any atom is -0.265 e. The number of hydrogen-bond acceptors (Lipinski definition) is 1. The molecule has 0 aliphatic heterocycles. The normalized spacial score (nSPS) is 11.6. The Kier molecular flexibility index (Phi) is 3.47. The molecule has 1 aromatic rings. The summed E-state index contributed by atoms with van der Waals surface area (Å²) in [5.74, 6) is 0. The fraction of sp³-hybridized carbons (Fsp3) is 0.583. The van der Waals surface area contributed by atoms with Gasteiger partial charge >= 0.3 is 0 Å². The molecule has 72 valence electrons. The van der Waals surface area contributed by atoms with Crippen molar-refractivity contribution in [3.05, 3.63) is 30.1 Å². The predicted octanol–water partition coefficient (Wildman–Crippen LogP) is 3.55. The van der Waals surface area contributed by atoms with Gasteiger partial charge in [0.25, 0.3) is 0 Å². The van der Waals surface area contributed by atoms with Gasteiger partial charge in [0.05, 0.1) is 0 Å². The quantitative estimate of drug-likeness (QED) is 0.685. The van der Waals surface area contributed by atoms with Crippen LogP contribution in [0.4, 0.5) is 0 Å². The van der Waals surface area contributed by atoms with E-state index >= 15 is 0 Å². The summed E-state index contributed by atoms with van der Waals surface area (Å²) in [6.45, 7) is 6.85. The summed E-state index contributed by atoms with van der Waals surface area (Å²) in [5, 5.41) is 0. The van der Waals surface area contributed by atoms with Gasteiger partial charge in [-0.2, -0.15) is 0 Å². The third-order valence-electron chi connectivity index (χ3n) is 2.62. The summed E-state index contributed by atoms with van der Waals surface area (Å²) in [6.07, 6.45) is 7.59. The molecule has 0 aromatic carbocycles. The molecule has 13 heavy (non-hydrogen) atoms. The van der Waals surface area contributed by atoms with Crippen LogP contribution in [0.3, 0.4) is 0 Å². The second-order valence-corrected chi connectivity index (χ2v) is 4.22. The number of aromatic nitrogens is 1. The van der Waals surface area contributed by atoms with Gasteiger partial charge < -0.3 is 0 Å². The Morgan fingerprint density at radius 3 is 2.38 bits per heavy atom. The molecular weight excluding hydrogens is 158 g/mol. The van der Waals surface area contributed by atoms with Gasteiger partial charge in [-0.25, -0.2) is 0 Å². The van der Waals surface area contributed by atoms with Gasteiger partial charge in [-0.3, -0.25) is 4.98 Å². The zero-order valence-electron chi connectivity index (χ0n) is 8.88. The van der Waals surface area contributed by atoms with Crippen molar-refractivity contribution in [2.75, 3.05) is 0 Å². The minimum absolute atomic E-state index is 0.305. The van der Waals surface area contributed by atoms with Crippen LogP contribution in [0.1, 0.15) is 45.6 Å². The van der Waals surface area contributed by atoms with E-state index in [1.165, 1.54) is 24.8 Å². The molecule has 1 nitrogen and oxygen atoms in total. The van der Waals surface area contributed by atoms with Gasteiger partial charge in [-0.1, -0.05) is 33.6 Å². The van der Waals surface area contributed by atoms with E-state index in [0.29, 0.717) is 5.41 Å². The summed E-state index contributed by atoms with van der Waals surface area (Å²) < 4.78 is 0. The maximum absolute atomic E-state index is 4.04. The topological polar surface area (TPSA) is 12.9 Å². The molecule has 0 atom stereocenters. The molecule has 1 heterocycles. The van der Waals surface area contributed by atoms with E-state index in [1.54, 1.807) is 0 Å². The van der Waals surface area contributed by atoms with Crippen LogP contribution in [-0.2, 0) is 5.41 Å². The molecule has 0 aliphatic rings. The number of pyridine rings is 1. The van der Waals surface area contributed by atoms with Crippen molar-refractivity contribution in [2.24, 2.45) is 0 Å². The molecule has 0 saturated carbocycles. The highest BCUT2D eigenvalue weighted by Crippen LogP contribution is 2.28. The molecule has 1 rings (SSSR count). The first-order valence-corrected chi connectivity index (χ1v) is 5.07. The molecule has 0 bridgehead atoms. The van der Waals surface area contributed by atoms with E-state index < -0.39 is 0 Å². The van der Waals surface area contributed by atoms with E-state index in [0.717, 1.165) is 0 Å². The fourth-order valence-electron chi connectivity index (χ4n) is 1.57. The van der Waals surface area contributed by atoms with Crippen LogP contribution >= 0.6 is 0 Å². The summed E-state index contributed by atoms with van der Waals surface area (Å²) in [7, 11) is 0. The van der Waals surface area contributed by atoms with Crippen molar-refractivity contribution >= 4 is 0 Å². The molecule has 0 amide bonds. The maximum Gasteiger partial charge on any atom is 0.0270 e. The highest BCUT2D eigenvalue weighted by atomic mass is 14.6. The largest absolute Gasteiger partial charge is 0.265 e. The molecule has 0 unspecified atom stereocenters. The number of hydrogen-bond donors (Lipinski definition) is 0. The van der Waals surface area contributed by atoms with Gasteiger partial charge in [-0.15, -0.1) is 0 Å². The van der Waals surface area contributed by atoms with Crippen molar-refractivity contribution in [3.63, 3.8) is 0 Å². The molecule has 0 N–H and O–H groups in total. The highest BCUT2D eigenvalue weighted by Gasteiger charge is 2.18. The van der Waals surface area contributed by atoms with Crippen molar-refractivity contribution in [1.29, 1.82) is 0 Å². The van der Waals surface area contributed by atoms with Crippen LogP contribution in [0, 0.1) is 0 Å². The van der Waals surface area contributed by atoms with Crippen molar-refractivity contribution < 1.29 is 0 Å². The van der Waals surface area contributed by atoms with Gasteiger partial charge in [0, 0.05) is 12.4 Å². The lowest BCUT2D eigenvalue weighted by Gasteiger charge is -2.24. The third-order valence-corrected chi connectivity index (χ3v) is 2.62. The minimum atomic E-state index is 0.305. The monoisotopic (exact) mass is 177 g/mol. The second-order valence-electron chi connectivity index (χ2n) is 4.22. The van der Waals surface area contributed by atoms with Gasteiger partial charge in [0.1, 0.15) is 0 Å². The molecule has 1 aromatic heterocycles. The van der Waals surface area contributed by atoms with E-state index in [4.69, 9.17) is 0 Å². The molecule has 1 heteroatoms. The SMILES string of the molecule is CCCCC(C)(C)c1ccncc1. The van der Waals surface area contributed by atoms with Crippen LogP contribution in [0.25, 0.3) is 0 Å². The Morgan fingerprint density at radius 1 is 1.23 bits per heavy atom. The Balaban J connectivity index is 2.69. The van der Waals surface area contributed by atoms with Crippen LogP contribution in [-0.4, -0.2) is 4.98 Å². The predicted molar refractivity (Wildman–Crippen MR) is 56.8 cm³/mol. The van der Waals surface area contributed by atoms with Gasteiger partial charge in [0.2, 0.25) is 0 Å². The van der Waals surface area contributed by atoms with Crippen LogP contribution < -0.4 is 0 Å². The average molecular weight is 177 g/mol. The average Bonchev–Trinajstić information content (AvgIpc) is 2.16. The van der Waals surface area contributed by atoms with E-state index in [1.807, 2.05) is 12.4 Å². The first-order chi connectivity index (χ1) is 6.17. The smallest absolute Gasteiger partial charge is 0.0270 e. The molecule has 0 spiro atoms. The Hall–Kier alpha value is -0.850. The molecule has 0 fully saturated rings.